The summed E-state index contributed by atoms with van der Waals surface area (Å²) in [5.41, 5.74) is 11.2. The minimum absolute atomic E-state index is 0.198. The molecule has 0 aliphatic rings. The second-order valence-corrected chi connectivity index (χ2v) is 3.54. The van der Waals surface area contributed by atoms with Crippen LogP contribution in [0, 0.1) is 5.92 Å². The number of nitrogen functional groups attached to an aromatic ring is 1. The number of aryl methyl sites for hydroxylation is 1. The molecule has 0 saturated heterocycles. The molecule has 1 atom stereocenters. The van der Waals surface area contributed by atoms with E-state index in [1.165, 1.54) is 0 Å². The Morgan fingerprint density at radius 1 is 1.46 bits per heavy atom. The van der Waals surface area contributed by atoms with Crippen LogP contribution in [0.5, 0.6) is 0 Å². The first-order valence-corrected chi connectivity index (χ1v) is 4.42. The monoisotopic (exact) mass is 183 g/mol. The van der Waals surface area contributed by atoms with Crippen LogP contribution in [0.3, 0.4) is 0 Å². The lowest BCUT2D eigenvalue weighted by atomic mass is 9.95. The molecule has 0 saturated carbocycles. The molecule has 74 valence electrons. The Morgan fingerprint density at radius 3 is 2.38 bits per heavy atom. The predicted octanol–water partition coefficient (Wildman–Crippen LogP) is 0.0956. The Balaban J connectivity index is 2.92. The molecule has 1 aromatic rings. The van der Waals surface area contributed by atoms with E-state index in [4.69, 9.17) is 11.5 Å². The van der Waals surface area contributed by atoms with Gasteiger partial charge in [-0.1, -0.05) is 13.8 Å². The highest BCUT2D eigenvalue weighted by atomic mass is 15.4. The fourth-order valence-electron chi connectivity index (χ4n) is 1.25. The zero-order valence-electron chi connectivity index (χ0n) is 8.36. The van der Waals surface area contributed by atoms with Crippen LogP contribution in [0.15, 0.2) is 0 Å². The molecule has 0 aliphatic heterocycles. The Labute approximate surface area is 78.1 Å². The molecule has 1 rings (SSSR count). The van der Waals surface area contributed by atoms with Crippen molar-refractivity contribution in [1.29, 1.82) is 0 Å². The van der Waals surface area contributed by atoms with Crippen molar-refractivity contribution in [3.8, 4) is 0 Å². The SMILES string of the molecule is CC(C)C(CN)c1nc(N)n(C)n1. The second kappa shape index (κ2) is 3.74. The maximum Gasteiger partial charge on any atom is 0.218 e. The summed E-state index contributed by atoms with van der Waals surface area (Å²) in [6, 6.07) is 0. The fourth-order valence-corrected chi connectivity index (χ4v) is 1.25. The highest BCUT2D eigenvalue weighted by molar-refractivity contribution is 5.17. The third-order valence-corrected chi connectivity index (χ3v) is 2.20. The second-order valence-electron chi connectivity index (χ2n) is 3.54. The smallest absolute Gasteiger partial charge is 0.218 e. The summed E-state index contributed by atoms with van der Waals surface area (Å²) in [7, 11) is 1.78. The van der Waals surface area contributed by atoms with E-state index in [-0.39, 0.29) is 5.92 Å². The van der Waals surface area contributed by atoms with Crippen LogP contribution in [0.4, 0.5) is 5.95 Å². The zero-order chi connectivity index (χ0) is 10.0. The first-order valence-electron chi connectivity index (χ1n) is 4.42. The van der Waals surface area contributed by atoms with Crippen molar-refractivity contribution in [1.82, 2.24) is 14.8 Å². The van der Waals surface area contributed by atoms with Gasteiger partial charge in [0.2, 0.25) is 5.95 Å². The molecule has 1 aromatic heterocycles. The van der Waals surface area contributed by atoms with Crippen LogP contribution in [-0.4, -0.2) is 21.3 Å². The molecule has 5 heteroatoms. The molecular weight excluding hydrogens is 166 g/mol. The van der Waals surface area contributed by atoms with Crippen LogP contribution in [0.2, 0.25) is 0 Å². The molecule has 0 radical (unpaired) electrons. The molecule has 1 unspecified atom stereocenters. The molecule has 13 heavy (non-hydrogen) atoms. The molecule has 0 aromatic carbocycles. The van der Waals surface area contributed by atoms with Gasteiger partial charge in [0.05, 0.1) is 0 Å². The molecule has 0 amide bonds. The first kappa shape index (κ1) is 9.98. The zero-order valence-corrected chi connectivity index (χ0v) is 8.36. The van der Waals surface area contributed by atoms with E-state index in [0.717, 1.165) is 5.82 Å². The molecule has 1 heterocycles. The van der Waals surface area contributed by atoms with Crippen LogP contribution in [0.25, 0.3) is 0 Å². The normalized spacial score (nSPS) is 13.6. The Bertz CT molecular complexity index is 259. The van der Waals surface area contributed by atoms with Crippen molar-refractivity contribution < 1.29 is 0 Å². The van der Waals surface area contributed by atoms with Crippen molar-refractivity contribution in [2.45, 2.75) is 19.8 Å². The van der Waals surface area contributed by atoms with Crippen LogP contribution >= 0.6 is 0 Å². The summed E-state index contributed by atoms with van der Waals surface area (Å²) in [5, 5.41) is 4.20. The van der Waals surface area contributed by atoms with Crippen molar-refractivity contribution in [2.24, 2.45) is 18.7 Å². The minimum atomic E-state index is 0.198. The van der Waals surface area contributed by atoms with Crippen LogP contribution < -0.4 is 11.5 Å². The van der Waals surface area contributed by atoms with Crippen molar-refractivity contribution in [3.05, 3.63) is 5.82 Å². The van der Waals surface area contributed by atoms with Crippen molar-refractivity contribution >= 4 is 5.95 Å². The molecule has 0 spiro atoms. The Morgan fingerprint density at radius 2 is 2.08 bits per heavy atom. The van der Waals surface area contributed by atoms with Gasteiger partial charge in [-0.15, -0.1) is 0 Å². The standard InChI is InChI=1S/C8H17N5/c1-5(2)6(4-9)7-11-8(10)13(3)12-7/h5-6H,4,9H2,1-3H3,(H2,10,11,12). The minimum Gasteiger partial charge on any atom is -0.368 e. The largest absolute Gasteiger partial charge is 0.368 e. The van der Waals surface area contributed by atoms with Gasteiger partial charge in [-0.25, -0.2) is 4.68 Å². The van der Waals surface area contributed by atoms with E-state index in [0.29, 0.717) is 18.4 Å². The van der Waals surface area contributed by atoms with E-state index in [1.54, 1.807) is 11.7 Å². The number of hydrogen-bond acceptors (Lipinski definition) is 4. The lowest BCUT2D eigenvalue weighted by Crippen LogP contribution is -2.19. The molecule has 0 fully saturated rings. The predicted molar refractivity (Wildman–Crippen MR) is 52.0 cm³/mol. The number of hydrogen-bond donors (Lipinski definition) is 2. The number of nitrogens with two attached hydrogens (primary N) is 2. The number of nitrogens with zero attached hydrogens (tertiary/aromatic N) is 3. The molecule has 5 nitrogen and oxygen atoms in total. The Kier molecular flexibility index (Phi) is 2.87. The highest BCUT2D eigenvalue weighted by Gasteiger charge is 2.19. The van der Waals surface area contributed by atoms with E-state index >= 15 is 0 Å². The number of aromatic nitrogens is 3. The summed E-state index contributed by atoms with van der Waals surface area (Å²) in [4.78, 5) is 4.15. The summed E-state index contributed by atoms with van der Waals surface area (Å²) < 4.78 is 1.57. The summed E-state index contributed by atoms with van der Waals surface area (Å²) in [6.45, 7) is 4.76. The maximum absolute atomic E-state index is 5.63. The van der Waals surface area contributed by atoms with Gasteiger partial charge in [0, 0.05) is 19.5 Å². The summed E-state index contributed by atoms with van der Waals surface area (Å²) in [6.07, 6.45) is 0. The fraction of sp³-hybridized carbons (Fsp3) is 0.750. The van der Waals surface area contributed by atoms with Gasteiger partial charge in [-0.3, -0.25) is 0 Å². The highest BCUT2D eigenvalue weighted by Crippen LogP contribution is 2.20. The number of anilines is 1. The summed E-state index contributed by atoms with van der Waals surface area (Å²) in [5.74, 6) is 1.82. The van der Waals surface area contributed by atoms with E-state index < -0.39 is 0 Å². The van der Waals surface area contributed by atoms with Gasteiger partial charge in [-0.2, -0.15) is 10.1 Å². The van der Waals surface area contributed by atoms with E-state index in [1.807, 2.05) is 0 Å². The topological polar surface area (TPSA) is 82.7 Å². The number of rotatable bonds is 3. The maximum atomic E-state index is 5.63. The third-order valence-electron chi connectivity index (χ3n) is 2.20. The molecule has 4 N–H and O–H groups in total. The van der Waals surface area contributed by atoms with E-state index in [9.17, 15) is 0 Å². The van der Waals surface area contributed by atoms with Gasteiger partial charge in [-0.05, 0) is 5.92 Å². The van der Waals surface area contributed by atoms with Gasteiger partial charge in [0.1, 0.15) is 0 Å². The van der Waals surface area contributed by atoms with Gasteiger partial charge in [0.25, 0.3) is 0 Å². The lowest BCUT2D eigenvalue weighted by molar-refractivity contribution is 0.481. The van der Waals surface area contributed by atoms with Crippen molar-refractivity contribution in [3.63, 3.8) is 0 Å². The average Bonchev–Trinajstić information content (AvgIpc) is 2.32. The quantitative estimate of drug-likeness (QED) is 0.696. The first-order chi connectivity index (χ1) is 6.06. The van der Waals surface area contributed by atoms with Gasteiger partial charge in [0.15, 0.2) is 5.82 Å². The van der Waals surface area contributed by atoms with Gasteiger partial charge < -0.3 is 11.5 Å². The van der Waals surface area contributed by atoms with Crippen LogP contribution in [0.1, 0.15) is 25.6 Å². The van der Waals surface area contributed by atoms with E-state index in [2.05, 4.69) is 23.9 Å². The lowest BCUT2D eigenvalue weighted by Gasteiger charge is -2.14. The third kappa shape index (κ3) is 1.98. The molecular formula is C8H17N5. The summed E-state index contributed by atoms with van der Waals surface area (Å²) >= 11 is 0. The van der Waals surface area contributed by atoms with Crippen LogP contribution in [-0.2, 0) is 7.05 Å². The van der Waals surface area contributed by atoms with Crippen molar-refractivity contribution in [2.75, 3.05) is 12.3 Å². The van der Waals surface area contributed by atoms with Gasteiger partial charge >= 0.3 is 0 Å². The Hall–Kier alpha value is -1.10. The molecule has 0 aliphatic carbocycles. The molecule has 0 bridgehead atoms. The average molecular weight is 183 g/mol.